The Kier molecular flexibility index (Phi) is 7.45. The summed E-state index contributed by atoms with van der Waals surface area (Å²) in [5.41, 5.74) is 4.94. The second-order valence-electron chi connectivity index (χ2n) is 8.49. The second-order valence-corrected chi connectivity index (χ2v) is 8.49. The van der Waals surface area contributed by atoms with Crippen molar-refractivity contribution >= 4 is 29.3 Å². The van der Waals surface area contributed by atoms with E-state index in [-0.39, 0.29) is 24.9 Å². The maximum Gasteiger partial charge on any atom is 0.319 e. The molecule has 0 aliphatic carbocycles. The summed E-state index contributed by atoms with van der Waals surface area (Å²) >= 11 is 0. The van der Waals surface area contributed by atoms with Crippen LogP contribution in [0, 0.1) is 6.92 Å². The highest BCUT2D eigenvalue weighted by atomic mass is 16.5. The maximum atomic E-state index is 13.1. The lowest BCUT2D eigenvalue weighted by atomic mass is 10.0. The average Bonchev–Trinajstić information content (AvgIpc) is 3.27. The quantitative estimate of drug-likeness (QED) is 0.474. The molecule has 0 fully saturated rings. The third-order valence-electron chi connectivity index (χ3n) is 5.97. The number of nitrogens with one attached hydrogen (secondary N) is 2. The standard InChI is InChI=1S/C28H29N3O4/c1-3-35-26(32)18-24(20-7-5-4-6-8-20)30-28(34)29-23-14-13-21-15-16-31(25(21)17-23)27(33)22-11-9-19(2)10-12-22/h4-14,17,24H,3,15-16,18H2,1-2H3,(H2,29,30,34). The Bertz CT molecular complexity index is 1210. The summed E-state index contributed by atoms with van der Waals surface area (Å²) < 4.78 is 5.07. The number of hydrogen-bond donors (Lipinski definition) is 2. The molecular formula is C28H29N3O4. The molecule has 3 aromatic rings. The predicted octanol–water partition coefficient (Wildman–Crippen LogP) is 5.01. The van der Waals surface area contributed by atoms with Crippen LogP contribution in [0.25, 0.3) is 0 Å². The van der Waals surface area contributed by atoms with Crippen molar-refractivity contribution in [1.29, 1.82) is 0 Å². The SMILES string of the molecule is CCOC(=O)CC(NC(=O)Nc1ccc2c(c1)N(C(=O)c1ccc(C)cc1)CC2)c1ccccc1. The third-order valence-corrected chi connectivity index (χ3v) is 5.97. The largest absolute Gasteiger partial charge is 0.466 e. The van der Waals surface area contributed by atoms with Gasteiger partial charge in [0.25, 0.3) is 5.91 Å². The van der Waals surface area contributed by atoms with E-state index in [0.29, 0.717) is 17.8 Å². The van der Waals surface area contributed by atoms with Crippen LogP contribution in [0.1, 0.15) is 46.4 Å². The number of anilines is 2. The van der Waals surface area contributed by atoms with Crippen molar-refractivity contribution in [1.82, 2.24) is 5.32 Å². The van der Waals surface area contributed by atoms with Crippen LogP contribution < -0.4 is 15.5 Å². The Hall–Kier alpha value is -4.13. The van der Waals surface area contributed by atoms with Gasteiger partial charge < -0.3 is 20.3 Å². The number of urea groups is 1. The fourth-order valence-corrected chi connectivity index (χ4v) is 4.17. The molecule has 1 heterocycles. The van der Waals surface area contributed by atoms with Crippen LogP contribution in [-0.4, -0.2) is 31.1 Å². The van der Waals surface area contributed by atoms with Gasteiger partial charge in [-0.2, -0.15) is 0 Å². The molecule has 35 heavy (non-hydrogen) atoms. The monoisotopic (exact) mass is 471 g/mol. The number of benzene rings is 3. The van der Waals surface area contributed by atoms with Crippen molar-refractivity contribution in [2.24, 2.45) is 0 Å². The zero-order valence-corrected chi connectivity index (χ0v) is 19.9. The molecule has 1 aliphatic rings. The lowest BCUT2D eigenvalue weighted by Gasteiger charge is -2.20. The molecule has 2 N–H and O–H groups in total. The first-order valence-electron chi connectivity index (χ1n) is 11.7. The molecule has 0 saturated heterocycles. The molecule has 1 aliphatic heterocycles. The van der Waals surface area contributed by atoms with Crippen molar-refractivity contribution in [3.05, 3.63) is 95.1 Å². The molecule has 7 heteroatoms. The van der Waals surface area contributed by atoms with E-state index < -0.39 is 12.1 Å². The van der Waals surface area contributed by atoms with E-state index in [2.05, 4.69) is 10.6 Å². The Morgan fingerprint density at radius 3 is 2.46 bits per heavy atom. The lowest BCUT2D eigenvalue weighted by Crippen LogP contribution is -2.34. The smallest absolute Gasteiger partial charge is 0.319 e. The zero-order chi connectivity index (χ0) is 24.8. The number of aryl methyl sites for hydroxylation is 1. The highest BCUT2D eigenvalue weighted by Gasteiger charge is 2.26. The van der Waals surface area contributed by atoms with Gasteiger partial charge in [0, 0.05) is 23.5 Å². The molecule has 3 amide bonds. The van der Waals surface area contributed by atoms with Gasteiger partial charge in [0.05, 0.1) is 19.1 Å². The van der Waals surface area contributed by atoms with E-state index in [4.69, 9.17) is 4.74 Å². The molecule has 0 radical (unpaired) electrons. The van der Waals surface area contributed by atoms with Crippen molar-refractivity contribution in [2.75, 3.05) is 23.4 Å². The van der Waals surface area contributed by atoms with Gasteiger partial charge in [0.1, 0.15) is 0 Å². The van der Waals surface area contributed by atoms with Crippen LogP contribution >= 0.6 is 0 Å². The summed E-state index contributed by atoms with van der Waals surface area (Å²) in [4.78, 5) is 39.8. The summed E-state index contributed by atoms with van der Waals surface area (Å²) in [6.45, 7) is 4.60. The van der Waals surface area contributed by atoms with E-state index in [1.165, 1.54) is 0 Å². The third kappa shape index (κ3) is 5.87. The Labute approximate surface area is 205 Å². The number of carbonyl (C=O) groups is 3. The molecule has 4 rings (SSSR count). The number of ether oxygens (including phenoxy) is 1. The second kappa shape index (κ2) is 10.9. The number of fused-ring (bicyclic) bond motifs is 1. The van der Waals surface area contributed by atoms with Gasteiger partial charge in [-0.3, -0.25) is 9.59 Å². The van der Waals surface area contributed by atoms with Gasteiger partial charge in [0.2, 0.25) is 0 Å². The molecule has 180 valence electrons. The summed E-state index contributed by atoms with van der Waals surface area (Å²) in [7, 11) is 0. The topological polar surface area (TPSA) is 87.7 Å². The van der Waals surface area contributed by atoms with Gasteiger partial charge in [-0.1, -0.05) is 54.1 Å². The van der Waals surface area contributed by atoms with Crippen molar-refractivity contribution in [3.8, 4) is 0 Å². The molecule has 1 atom stereocenters. The summed E-state index contributed by atoms with van der Waals surface area (Å²) in [5.74, 6) is -0.451. The summed E-state index contributed by atoms with van der Waals surface area (Å²) in [6.07, 6.45) is 0.781. The van der Waals surface area contributed by atoms with Gasteiger partial charge in [0.15, 0.2) is 0 Å². The molecule has 3 aromatic carbocycles. The van der Waals surface area contributed by atoms with Gasteiger partial charge >= 0.3 is 12.0 Å². The summed E-state index contributed by atoms with van der Waals surface area (Å²) in [5, 5.41) is 5.72. The molecular weight excluding hydrogens is 442 g/mol. The van der Waals surface area contributed by atoms with Crippen LogP contribution in [0.15, 0.2) is 72.8 Å². The average molecular weight is 472 g/mol. The van der Waals surface area contributed by atoms with E-state index in [0.717, 1.165) is 28.8 Å². The van der Waals surface area contributed by atoms with Gasteiger partial charge in [-0.15, -0.1) is 0 Å². The molecule has 0 spiro atoms. The minimum absolute atomic E-state index is 0.0221. The lowest BCUT2D eigenvalue weighted by molar-refractivity contribution is -0.143. The van der Waals surface area contributed by atoms with Crippen LogP contribution in [0.4, 0.5) is 16.2 Å². The fraction of sp³-hybridized carbons (Fsp3) is 0.250. The van der Waals surface area contributed by atoms with Crippen LogP contribution in [0.2, 0.25) is 0 Å². The van der Waals surface area contributed by atoms with E-state index in [1.807, 2.05) is 79.7 Å². The Morgan fingerprint density at radius 1 is 1.00 bits per heavy atom. The molecule has 7 nitrogen and oxygen atoms in total. The van der Waals surface area contributed by atoms with Crippen LogP contribution in [-0.2, 0) is 16.0 Å². The fourth-order valence-electron chi connectivity index (χ4n) is 4.17. The van der Waals surface area contributed by atoms with Crippen molar-refractivity contribution in [2.45, 2.75) is 32.7 Å². The Morgan fingerprint density at radius 2 is 1.74 bits per heavy atom. The molecule has 0 aromatic heterocycles. The summed E-state index contributed by atoms with van der Waals surface area (Å²) in [6, 6.07) is 21.4. The van der Waals surface area contributed by atoms with E-state index in [9.17, 15) is 14.4 Å². The normalized spacial score (nSPS) is 13.0. The number of nitrogens with zero attached hydrogens (tertiary/aromatic N) is 1. The highest BCUT2D eigenvalue weighted by molar-refractivity contribution is 6.07. The number of hydrogen-bond acceptors (Lipinski definition) is 4. The van der Waals surface area contributed by atoms with Crippen LogP contribution in [0.3, 0.4) is 0 Å². The highest BCUT2D eigenvalue weighted by Crippen LogP contribution is 2.32. The first-order valence-corrected chi connectivity index (χ1v) is 11.7. The number of esters is 1. The first kappa shape index (κ1) is 24.0. The number of rotatable bonds is 7. The minimum atomic E-state index is -0.538. The molecule has 0 saturated carbocycles. The van der Waals surface area contributed by atoms with Crippen molar-refractivity contribution < 1.29 is 19.1 Å². The zero-order valence-electron chi connectivity index (χ0n) is 19.9. The minimum Gasteiger partial charge on any atom is -0.466 e. The first-order chi connectivity index (χ1) is 16.9. The van der Waals surface area contributed by atoms with Crippen molar-refractivity contribution in [3.63, 3.8) is 0 Å². The van der Waals surface area contributed by atoms with Crippen LogP contribution in [0.5, 0.6) is 0 Å². The van der Waals surface area contributed by atoms with Gasteiger partial charge in [-0.25, -0.2) is 4.79 Å². The number of carbonyl (C=O) groups excluding carboxylic acids is 3. The van der Waals surface area contributed by atoms with E-state index >= 15 is 0 Å². The van der Waals surface area contributed by atoms with E-state index in [1.54, 1.807) is 11.8 Å². The molecule has 1 unspecified atom stereocenters. The number of amides is 3. The Balaban J connectivity index is 1.47. The predicted molar refractivity (Wildman–Crippen MR) is 136 cm³/mol. The van der Waals surface area contributed by atoms with Gasteiger partial charge in [-0.05, 0) is 55.7 Å². The molecule has 0 bridgehead atoms. The maximum absolute atomic E-state index is 13.1.